The van der Waals surface area contributed by atoms with Gasteiger partial charge in [-0.15, -0.1) is 0 Å². The molecule has 0 aliphatic carbocycles. The van der Waals surface area contributed by atoms with E-state index in [0.717, 1.165) is 45.0 Å². The number of nitro groups is 1. The number of non-ortho nitro benzene ring substituents is 1. The van der Waals surface area contributed by atoms with E-state index >= 15 is 4.39 Å². The number of halogens is 1. The van der Waals surface area contributed by atoms with Gasteiger partial charge in [-0.05, 0) is 12.1 Å². The first-order valence-electron chi connectivity index (χ1n) is 9.32. The number of benzene rings is 1. The number of hydrogen-bond acceptors (Lipinski definition) is 10. The highest BCUT2D eigenvalue weighted by Crippen LogP contribution is 2.28. The number of carbonyl (C=O) groups excluding carboxylic acids is 4. The molecule has 0 unspecified atom stereocenters. The van der Waals surface area contributed by atoms with E-state index < -0.39 is 66.1 Å². The van der Waals surface area contributed by atoms with Crippen molar-refractivity contribution in [2.24, 2.45) is 0 Å². The van der Waals surface area contributed by atoms with E-state index in [9.17, 15) is 29.3 Å². The Hall–Kier alpha value is -3.61. The molecule has 0 radical (unpaired) electrons. The van der Waals surface area contributed by atoms with Gasteiger partial charge in [0.25, 0.3) is 11.6 Å². The lowest BCUT2D eigenvalue weighted by Crippen LogP contribution is -2.63. The van der Waals surface area contributed by atoms with Gasteiger partial charge in [0, 0.05) is 38.5 Å². The minimum atomic E-state index is -2.17. The van der Waals surface area contributed by atoms with Crippen LogP contribution in [0.4, 0.5) is 10.1 Å². The SMILES string of the molecule is CC(=O)OC[C@H]1O[C@@H](NC(=O)c2ccc([N+](=O)[O-])cc2)[C@H](F)[C@@H](OC(C)=O)[C@@H]1OC(C)=O. The van der Waals surface area contributed by atoms with Crippen LogP contribution in [0.5, 0.6) is 0 Å². The molecular formula is C19H21FN2O10. The summed E-state index contributed by atoms with van der Waals surface area (Å²) in [5, 5.41) is 13.0. The molecule has 1 aliphatic heterocycles. The molecule has 174 valence electrons. The third-order valence-electron chi connectivity index (χ3n) is 4.28. The van der Waals surface area contributed by atoms with Crippen LogP contribution in [-0.2, 0) is 33.3 Å². The number of nitrogens with zero attached hydrogens (tertiary/aromatic N) is 1. The van der Waals surface area contributed by atoms with E-state index in [1.807, 2.05) is 0 Å². The van der Waals surface area contributed by atoms with Gasteiger partial charge < -0.3 is 24.3 Å². The lowest BCUT2D eigenvalue weighted by Gasteiger charge is -2.42. The highest BCUT2D eigenvalue weighted by molar-refractivity contribution is 5.94. The van der Waals surface area contributed by atoms with Gasteiger partial charge in [-0.3, -0.25) is 29.3 Å². The molecule has 1 aromatic rings. The predicted octanol–water partition coefficient (Wildman–Crippen LogP) is 0.814. The molecule has 1 heterocycles. The molecule has 12 nitrogen and oxygen atoms in total. The molecule has 0 spiro atoms. The molecule has 0 saturated carbocycles. The molecule has 0 bridgehead atoms. The zero-order valence-electron chi connectivity index (χ0n) is 17.3. The highest BCUT2D eigenvalue weighted by atomic mass is 19.1. The number of carbonyl (C=O) groups is 4. The first kappa shape index (κ1) is 24.7. The molecule has 13 heteroatoms. The second kappa shape index (κ2) is 10.6. The fraction of sp³-hybridized carbons (Fsp3) is 0.474. The van der Waals surface area contributed by atoms with Gasteiger partial charge in [0.05, 0.1) is 4.92 Å². The maximum Gasteiger partial charge on any atom is 0.303 e. The number of amides is 1. The van der Waals surface area contributed by atoms with Gasteiger partial charge in [0.15, 0.2) is 24.6 Å². The Morgan fingerprint density at radius 1 is 1.03 bits per heavy atom. The normalized spacial score (nSPS) is 24.7. The van der Waals surface area contributed by atoms with Crippen molar-refractivity contribution in [3.63, 3.8) is 0 Å². The third kappa shape index (κ3) is 6.44. The van der Waals surface area contributed by atoms with E-state index in [-0.39, 0.29) is 11.3 Å². The fourth-order valence-electron chi connectivity index (χ4n) is 2.96. The van der Waals surface area contributed by atoms with Gasteiger partial charge in [0.2, 0.25) is 0 Å². The molecule has 1 aliphatic rings. The molecule has 1 saturated heterocycles. The van der Waals surface area contributed by atoms with Crippen LogP contribution in [-0.4, -0.2) is 66.1 Å². The number of ether oxygens (including phenoxy) is 4. The average Bonchev–Trinajstić information content (AvgIpc) is 2.71. The quantitative estimate of drug-likeness (QED) is 0.269. The molecule has 1 aromatic carbocycles. The van der Waals surface area contributed by atoms with E-state index in [0.29, 0.717) is 0 Å². The first-order valence-corrected chi connectivity index (χ1v) is 9.32. The molecular weight excluding hydrogens is 435 g/mol. The number of rotatable bonds is 7. The summed E-state index contributed by atoms with van der Waals surface area (Å²) in [7, 11) is 0. The summed E-state index contributed by atoms with van der Waals surface area (Å²) < 4.78 is 35.5. The predicted molar refractivity (Wildman–Crippen MR) is 102 cm³/mol. The summed E-state index contributed by atoms with van der Waals surface area (Å²) in [5.41, 5.74) is -0.284. The second-order valence-electron chi connectivity index (χ2n) is 6.77. The Morgan fingerprint density at radius 2 is 1.59 bits per heavy atom. The van der Waals surface area contributed by atoms with Crippen LogP contribution in [0.1, 0.15) is 31.1 Å². The maximum absolute atomic E-state index is 15.2. The Kier molecular flexibility index (Phi) is 8.18. The van der Waals surface area contributed by atoms with Crippen molar-refractivity contribution in [3.8, 4) is 0 Å². The van der Waals surface area contributed by atoms with Crippen LogP contribution in [0.15, 0.2) is 24.3 Å². The topological polar surface area (TPSA) is 160 Å². The zero-order chi connectivity index (χ0) is 24.0. The molecule has 0 aromatic heterocycles. The van der Waals surface area contributed by atoms with E-state index in [1.54, 1.807) is 0 Å². The first-order chi connectivity index (χ1) is 15.0. The Morgan fingerprint density at radius 3 is 2.09 bits per heavy atom. The van der Waals surface area contributed by atoms with Crippen molar-refractivity contribution in [1.29, 1.82) is 0 Å². The lowest BCUT2D eigenvalue weighted by molar-refractivity contribution is -0.384. The summed E-state index contributed by atoms with van der Waals surface area (Å²) in [5.74, 6) is -3.26. The van der Waals surface area contributed by atoms with Crippen LogP contribution in [0.3, 0.4) is 0 Å². The number of alkyl halides is 1. The fourth-order valence-corrected chi connectivity index (χ4v) is 2.96. The van der Waals surface area contributed by atoms with Gasteiger partial charge in [-0.25, -0.2) is 4.39 Å². The van der Waals surface area contributed by atoms with Crippen molar-refractivity contribution < 1.29 is 47.4 Å². The van der Waals surface area contributed by atoms with Crippen LogP contribution in [0, 0.1) is 10.1 Å². The summed E-state index contributed by atoms with van der Waals surface area (Å²) >= 11 is 0. The number of nitro benzene ring substituents is 1. The molecule has 1 N–H and O–H groups in total. The van der Waals surface area contributed by atoms with Gasteiger partial charge in [0.1, 0.15) is 12.7 Å². The summed E-state index contributed by atoms with van der Waals surface area (Å²) in [6.45, 7) is 2.68. The monoisotopic (exact) mass is 456 g/mol. The minimum absolute atomic E-state index is 0.0333. The van der Waals surface area contributed by atoms with E-state index in [1.165, 1.54) is 0 Å². The zero-order valence-corrected chi connectivity index (χ0v) is 17.3. The Balaban J connectivity index is 2.27. The van der Waals surface area contributed by atoms with Gasteiger partial charge >= 0.3 is 17.9 Å². The van der Waals surface area contributed by atoms with Crippen LogP contribution < -0.4 is 5.32 Å². The van der Waals surface area contributed by atoms with E-state index in [4.69, 9.17) is 18.9 Å². The molecule has 5 atom stereocenters. The lowest BCUT2D eigenvalue weighted by atomic mass is 9.98. The molecule has 32 heavy (non-hydrogen) atoms. The van der Waals surface area contributed by atoms with Crippen molar-refractivity contribution in [3.05, 3.63) is 39.9 Å². The van der Waals surface area contributed by atoms with Crippen molar-refractivity contribution >= 4 is 29.5 Å². The largest absolute Gasteiger partial charge is 0.463 e. The van der Waals surface area contributed by atoms with Gasteiger partial charge in [-0.1, -0.05) is 0 Å². The Labute approximate surface area is 181 Å². The summed E-state index contributed by atoms with van der Waals surface area (Å²) in [4.78, 5) is 56.8. The molecule has 1 amide bonds. The van der Waals surface area contributed by atoms with Crippen molar-refractivity contribution in [2.75, 3.05) is 6.61 Å². The average molecular weight is 456 g/mol. The number of hydrogen-bond donors (Lipinski definition) is 1. The minimum Gasteiger partial charge on any atom is -0.463 e. The number of esters is 3. The van der Waals surface area contributed by atoms with Crippen LogP contribution >= 0.6 is 0 Å². The van der Waals surface area contributed by atoms with Crippen molar-refractivity contribution in [1.82, 2.24) is 5.32 Å². The van der Waals surface area contributed by atoms with Crippen molar-refractivity contribution in [2.45, 2.75) is 51.5 Å². The van der Waals surface area contributed by atoms with E-state index in [2.05, 4.69) is 5.32 Å². The van der Waals surface area contributed by atoms with Crippen LogP contribution in [0.25, 0.3) is 0 Å². The summed E-state index contributed by atoms with van der Waals surface area (Å²) in [6, 6.07) is 4.49. The molecule has 2 rings (SSSR count). The summed E-state index contributed by atoms with van der Waals surface area (Å²) in [6.07, 6.45) is -8.26. The third-order valence-corrected chi connectivity index (χ3v) is 4.28. The molecule has 1 fully saturated rings. The highest BCUT2D eigenvalue weighted by Gasteiger charge is 2.51. The smallest absolute Gasteiger partial charge is 0.303 e. The number of nitrogens with one attached hydrogen (secondary N) is 1. The van der Waals surface area contributed by atoms with Crippen LogP contribution in [0.2, 0.25) is 0 Å². The standard InChI is InChI=1S/C19H21FN2O10/c1-9(23)29-8-14-16(30-10(2)24)17(31-11(3)25)15(20)19(32-14)21-18(26)12-4-6-13(7-5-12)22(27)28/h4-7,14-17,19H,8H2,1-3H3,(H,21,26)/t14-,15-,16-,17-,19-/m1/s1. The maximum atomic E-state index is 15.2. The van der Waals surface area contributed by atoms with Gasteiger partial charge in [-0.2, -0.15) is 0 Å². The second-order valence-corrected chi connectivity index (χ2v) is 6.77. The Bertz CT molecular complexity index is 891.